The van der Waals surface area contributed by atoms with E-state index in [4.69, 9.17) is 16.7 Å². The smallest absolute Gasteiger partial charge is 0.305 e. The van der Waals surface area contributed by atoms with Gasteiger partial charge >= 0.3 is 5.97 Å². The summed E-state index contributed by atoms with van der Waals surface area (Å²) in [6.07, 6.45) is 2.68. The molecule has 0 bridgehead atoms. The third kappa shape index (κ3) is 4.89. The number of halogens is 2. The predicted molar refractivity (Wildman–Crippen MR) is 101 cm³/mol. The summed E-state index contributed by atoms with van der Waals surface area (Å²) in [4.78, 5) is 26.1. The quantitative estimate of drug-likeness (QED) is 0.451. The number of nitrogens with zero attached hydrogens (tertiary/aromatic N) is 3. The van der Waals surface area contributed by atoms with Crippen LogP contribution in [0.25, 0.3) is 11.1 Å². The molecule has 27 heavy (non-hydrogen) atoms. The van der Waals surface area contributed by atoms with E-state index in [1.807, 2.05) is 0 Å². The average Bonchev–Trinajstić information content (AvgIpc) is 2.97. The molecular formula is C17H12ClFN4O3S. The van der Waals surface area contributed by atoms with Crippen LogP contribution in [0.4, 0.5) is 4.39 Å². The number of nitrogens with one attached hydrogen (secondary N) is 1. The van der Waals surface area contributed by atoms with E-state index in [1.54, 1.807) is 24.3 Å². The van der Waals surface area contributed by atoms with Crippen LogP contribution in [0.15, 0.2) is 46.7 Å². The molecule has 7 nitrogen and oxygen atoms in total. The highest BCUT2D eigenvalue weighted by atomic mass is 35.5. The van der Waals surface area contributed by atoms with E-state index < -0.39 is 22.9 Å². The number of rotatable bonds is 5. The van der Waals surface area contributed by atoms with Crippen molar-refractivity contribution in [1.29, 1.82) is 0 Å². The molecular weight excluding hydrogens is 395 g/mol. The highest BCUT2D eigenvalue weighted by Crippen LogP contribution is 2.23. The zero-order valence-electron chi connectivity index (χ0n) is 13.6. The normalized spacial score (nSPS) is 18.2. The molecule has 1 amide bonds. The van der Waals surface area contributed by atoms with E-state index in [0.29, 0.717) is 5.56 Å². The van der Waals surface area contributed by atoms with Gasteiger partial charge in [0.05, 0.1) is 12.6 Å². The van der Waals surface area contributed by atoms with Crippen LogP contribution in [0.5, 0.6) is 0 Å². The minimum absolute atomic E-state index is 0.177. The molecule has 1 atom stereocenters. The number of carboxylic acid groups (broad SMARTS) is 1. The molecule has 1 fully saturated rings. The number of amidine groups is 1. The topological polar surface area (TPSA) is 104 Å². The Morgan fingerprint density at radius 3 is 2.78 bits per heavy atom. The summed E-state index contributed by atoms with van der Waals surface area (Å²) >= 11 is 6.60. The molecule has 1 unspecified atom stereocenters. The summed E-state index contributed by atoms with van der Waals surface area (Å²) < 4.78 is 13.5. The van der Waals surface area contributed by atoms with Crippen LogP contribution in [0.3, 0.4) is 0 Å². The Morgan fingerprint density at radius 2 is 2.11 bits per heavy atom. The van der Waals surface area contributed by atoms with E-state index in [2.05, 4.69) is 20.5 Å². The van der Waals surface area contributed by atoms with Gasteiger partial charge in [0.1, 0.15) is 5.25 Å². The molecule has 138 valence electrons. The van der Waals surface area contributed by atoms with E-state index in [9.17, 15) is 14.0 Å². The van der Waals surface area contributed by atoms with Crippen molar-refractivity contribution in [1.82, 2.24) is 10.3 Å². The number of carbonyl (C=O) groups is 2. The lowest BCUT2D eigenvalue weighted by Gasteiger charge is -2.02. The molecule has 2 N–H and O–H groups in total. The second-order valence-corrected chi connectivity index (χ2v) is 7.01. The van der Waals surface area contributed by atoms with E-state index in [-0.39, 0.29) is 16.7 Å². The molecule has 2 heterocycles. The van der Waals surface area contributed by atoms with Crippen molar-refractivity contribution < 1.29 is 19.1 Å². The molecule has 2 aromatic rings. The number of carbonyl (C=O) groups excluding carboxylic acids is 1. The number of pyridine rings is 1. The van der Waals surface area contributed by atoms with Gasteiger partial charge in [-0.1, -0.05) is 47.6 Å². The third-order valence-electron chi connectivity index (χ3n) is 3.53. The molecule has 1 aliphatic heterocycles. The van der Waals surface area contributed by atoms with Crippen LogP contribution in [0.1, 0.15) is 12.0 Å². The van der Waals surface area contributed by atoms with Crippen molar-refractivity contribution in [2.45, 2.75) is 11.7 Å². The first-order valence-corrected chi connectivity index (χ1v) is 8.90. The van der Waals surface area contributed by atoms with Gasteiger partial charge in [-0.15, -0.1) is 5.10 Å². The van der Waals surface area contributed by atoms with Gasteiger partial charge in [0, 0.05) is 11.8 Å². The Balaban J connectivity index is 1.65. The second kappa shape index (κ2) is 8.28. The first-order valence-electron chi connectivity index (χ1n) is 7.64. The maximum Gasteiger partial charge on any atom is 0.305 e. The lowest BCUT2D eigenvalue weighted by Crippen LogP contribution is -2.26. The molecule has 1 aromatic carbocycles. The molecule has 1 aliphatic rings. The van der Waals surface area contributed by atoms with Crippen LogP contribution < -0.4 is 5.32 Å². The molecule has 3 rings (SSSR count). The predicted octanol–water partition coefficient (Wildman–Crippen LogP) is 2.94. The minimum Gasteiger partial charge on any atom is -0.481 e. The van der Waals surface area contributed by atoms with Gasteiger partial charge in [0.25, 0.3) is 0 Å². The molecule has 10 heteroatoms. The van der Waals surface area contributed by atoms with Crippen LogP contribution in [-0.4, -0.2) is 38.6 Å². The third-order valence-corrected chi connectivity index (χ3v) is 4.88. The molecule has 0 spiro atoms. The number of hydrogen-bond donors (Lipinski definition) is 2. The lowest BCUT2D eigenvalue weighted by atomic mass is 10.1. The van der Waals surface area contributed by atoms with Crippen LogP contribution in [0, 0.1) is 5.82 Å². The maximum absolute atomic E-state index is 13.5. The Labute approximate surface area is 162 Å². The van der Waals surface area contributed by atoms with Crippen LogP contribution >= 0.6 is 23.4 Å². The van der Waals surface area contributed by atoms with Gasteiger partial charge in [0.15, 0.2) is 16.1 Å². The Hall–Kier alpha value is -2.78. The van der Waals surface area contributed by atoms with Gasteiger partial charge in [-0.05, 0) is 17.2 Å². The van der Waals surface area contributed by atoms with Gasteiger partial charge < -0.3 is 10.4 Å². The molecule has 0 radical (unpaired) electrons. The average molecular weight is 407 g/mol. The van der Waals surface area contributed by atoms with Crippen LogP contribution in [-0.2, 0) is 9.59 Å². The van der Waals surface area contributed by atoms with Gasteiger partial charge in [0.2, 0.25) is 5.91 Å². The van der Waals surface area contributed by atoms with E-state index in [0.717, 1.165) is 22.9 Å². The summed E-state index contributed by atoms with van der Waals surface area (Å²) in [6.45, 7) is 0. The summed E-state index contributed by atoms with van der Waals surface area (Å²) in [5.74, 6) is -2.04. The fourth-order valence-corrected chi connectivity index (χ4v) is 3.25. The number of aliphatic carboxylic acids is 1. The number of aromatic nitrogens is 1. The van der Waals surface area contributed by atoms with Gasteiger partial charge in [-0.2, -0.15) is 5.10 Å². The van der Waals surface area contributed by atoms with Crippen molar-refractivity contribution in [3.05, 3.63) is 53.1 Å². The monoisotopic (exact) mass is 406 g/mol. The first-order chi connectivity index (χ1) is 12.9. The molecule has 0 aliphatic carbocycles. The molecule has 0 saturated carbocycles. The summed E-state index contributed by atoms with van der Waals surface area (Å²) in [5, 5.41) is 18.4. The Kier molecular flexibility index (Phi) is 5.82. The van der Waals surface area contributed by atoms with Crippen molar-refractivity contribution in [3.8, 4) is 11.1 Å². The number of amides is 1. The fourth-order valence-electron chi connectivity index (χ4n) is 2.23. The number of carboxylic acids is 1. The van der Waals surface area contributed by atoms with Gasteiger partial charge in [-0.3, -0.25) is 9.59 Å². The first kappa shape index (κ1) is 19.0. The number of thioether (sulfide) groups is 1. The summed E-state index contributed by atoms with van der Waals surface area (Å²) in [7, 11) is 0. The van der Waals surface area contributed by atoms with E-state index in [1.165, 1.54) is 18.5 Å². The summed E-state index contributed by atoms with van der Waals surface area (Å²) in [5.41, 5.74) is 2.09. The zero-order valence-corrected chi connectivity index (χ0v) is 15.2. The summed E-state index contributed by atoms with van der Waals surface area (Å²) in [6, 6.07) is 8.37. The highest BCUT2D eigenvalue weighted by molar-refractivity contribution is 8.15. The molecule has 1 saturated heterocycles. The van der Waals surface area contributed by atoms with Gasteiger partial charge in [-0.25, -0.2) is 9.37 Å². The minimum atomic E-state index is -1.05. The van der Waals surface area contributed by atoms with E-state index >= 15 is 0 Å². The second-order valence-electron chi connectivity index (χ2n) is 5.46. The maximum atomic E-state index is 13.5. The number of benzene rings is 1. The Morgan fingerprint density at radius 1 is 1.37 bits per heavy atom. The van der Waals surface area contributed by atoms with Crippen molar-refractivity contribution >= 4 is 46.6 Å². The lowest BCUT2D eigenvalue weighted by molar-refractivity contribution is -0.138. The Bertz CT molecular complexity index is 950. The van der Waals surface area contributed by atoms with Crippen molar-refractivity contribution in [3.63, 3.8) is 0 Å². The number of hydrogen-bond acceptors (Lipinski definition) is 6. The zero-order chi connectivity index (χ0) is 19.4. The van der Waals surface area contributed by atoms with Crippen molar-refractivity contribution in [2.24, 2.45) is 10.2 Å². The van der Waals surface area contributed by atoms with Crippen LogP contribution in [0.2, 0.25) is 5.15 Å². The fraction of sp³-hybridized carbons (Fsp3) is 0.118. The SMILES string of the molecule is O=C(O)CC1SC(=NN=Cc2ccc(-c3cnc(Cl)c(F)c3)cc2)NC1=O. The molecule has 1 aromatic heterocycles. The highest BCUT2D eigenvalue weighted by Gasteiger charge is 2.32. The standard InChI is InChI=1S/C17H12ClFN4O3S/c18-15-12(19)5-11(8-20-15)10-3-1-9(2-4-10)7-21-23-17-22-16(26)13(27-17)6-14(24)25/h1-5,7-8,13H,6H2,(H,24,25)(H,22,23,26). The largest absolute Gasteiger partial charge is 0.481 e. The van der Waals surface area contributed by atoms with Crippen molar-refractivity contribution in [2.75, 3.05) is 0 Å².